The molecule has 0 saturated heterocycles. The first-order chi connectivity index (χ1) is 10.5. The molecule has 10 heteroatoms. The number of rotatable bonds is 1. The number of nitrogens with zero attached hydrogens (tertiary/aromatic N) is 1. The molecular weight excluding hydrogens is 326 g/mol. The number of hydrogen-bond donors (Lipinski definition) is 3. The van der Waals surface area contributed by atoms with Gasteiger partial charge in [-0.15, -0.1) is 0 Å². The van der Waals surface area contributed by atoms with Gasteiger partial charge in [-0.1, -0.05) is 0 Å². The normalized spacial score (nSPS) is 20.8. The van der Waals surface area contributed by atoms with Gasteiger partial charge in [0.2, 0.25) is 0 Å². The van der Waals surface area contributed by atoms with Gasteiger partial charge in [-0.2, -0.15) is 26.3 Å². The second-order valence-corrected chi connectivity index (χ2v) is 4.69. The SMILES string of the molecule is CN=C1C=C(c2cc(C(F)(F)F)ccc2C(F)(F)F)NC(N)N1. The van der Waals surface area contributed by atoms with Gasteiger partial charge in [0, 0.05) is 24.4 Å². The first-order valence-electron chi connectivity index (χ1n) is 6.28. The third-order valence-corrected chi connectivity index (χ3v) is 3.08. The molecule has 4 N–H and O–H groups in total. The Morgan fingerprint density at radius 1 is 1.04 bits per heavy atom. The smallest absolute Gasteiger partial charge is 0.353 e. The highest BCUT2D eigenvalue weighted by Crippen LogP contribution is 2.38. The van der Waals surface area contributed by atoms with Crippen LogP contribution in [0, 0.1) is 0 Å². The number of nitrogens with one attached hydrogen (secondary N) is 2. The molecule has 23 heavy (non-hydrogen) atoms. The van der Waals surface area contributed by atoms with Crippen LogP contribution in [0.4, 0.5) is 26.3 Å². The number of nitrogens with two attached hydrogens (primary N) is 1. The molecule has 1 aromatic rings. The molecule has 1 heterocycles. The van der Waals surface area contributed by atoms with Gasteiger partial charge >= 0.3 is 12.4 Å². The predicted molar refractivity (Wildman–Crippen MR) is 72.0 cm³/mol. The lowest BCUT2D eigenvalue weighted by Gasteiger charge is -2.27. The monoisotopic (exact) mass is 338 g/mol. The summed E-state index contributed by atoms with van der Waals surface area (Å²) in [6.07, 6.45) is -9.41. The molecule has 1 aromatic carbocycles. The zero-order valence-corrected chi connectivity index (χ0v) is 11.7. The van der Waals surface area contributed by atoms with Gasteiger partial charge in [0.15, 0.2) is 6.29 Å². The lowest BCUT2D eigenvalue weighted by Crippen LogP contribution is -2.53. The van der Waals surface area contributed by atoms with E-state index in [4.69, 9.17) is 5.73 Å². The third kappa shape index (κ3) is 3.76. The van der Waals surface area contributed by atoms with Crippen molar-refractivity contribution >= 4 is 11.5 Å². The summed E-state index contributed by atoms with van der Waals surface area (Å²) in [6, 6.07) is 1.23. The highest BCUT2D eigenvalue weighted by molar-refractivity contribution is 6.00. The van der Waals surface area contributed by atoms with Crippen LogP contribution in [0.25, 0.3) is 5.70 Å². The summed E-state index contributed by atoms with van der Waals surface area (Å²) in [4.78, 5) is 3.74. The summed E-state index contributed by atoms with van der Waals surface area (Å²) >= 11 is 0. The summed E-state index contributed by atoms with van der Waals surface area (Å²) in [5.74, 6) is 0.150. The van der Waals surface area contributed by atoms with Crippen molar-refractivity contribution in [2.45, 2.75) is 18.6 Å². The zero-order chi connectivity index (χ0) is 17.4. The third-order valence-electron chi connectivity index (χ3n) is 3.08. The Balaban J connectivity index is 2.65. The maximum Gasteiger partial charge on any atom is 0.417 e. The highest BCUT2D eigenvalue weighted by atomic mass is 19.4. The van der Waals surface area contributed by atoms with Gasteiger partial charge in [-0.25, -0.2) is 0 Å². The van der Waals surface area contributed by atoms with Crippen LogP contribution in [0.1, 0.15) is 16.7 Å². The maximum atomic E-state index is 13.1. The average Bonchev–Trinajstić information content (AvgIpc) is 2.44. The van der Waals surface area contributed by atoms with Crippen molar-refractivity contribution in [2.24, 2.45) is 10.7 Å². The van der Waals surface area contributed by atoms with Gasteiger partial charge < -0.3 is 10.6 Å². The Kier molecular flexibility index (Phi) is 4.29. The van der Waals surface area contributed by atoms with E-state index in [-0.39, 0.29) is 11.5 Å². The van der Waals surface area contributed by atoms with Crippen molar-refractivity contribution in [3.63, 3.8) is 0 Å². The average molecular weight is 338 g/mol. The minimum atomic E-state index is -4.82. The van der Waals surface area contributed by atoms with Gasteiger partial charge in [0.25, 0.3) is 0 Å². The molecule has 126 valence electrons. The van der Waals surface area contributed by atoms with Crippen LogP contribution in [0.15, 0.2) is 29.3 Å². The van der Waals surface area contributed by atoms with Gasteiger partial charge in [-0.3, -0.25) is 10.7 Å². The molecule has 4 nitrogen and oxygen atoms in total. The first kappa shape index (κ1) is 17.1. The van der Waals surface area contributed by atoms with E-state index < -0.39 is 35.3 Å². The van der Waals surface area contributed by atoms with Gasteiger partial charge in [-0.05, 0) is 18.2 Å². The minimum absolute atomic E-state index is 0.150. The number of alkyl halides is 6. The van der Waals surface area contributed by atoms with Crippen LogP contribution in [0.5, 0.6) is 0 Å². The molecule has 0 radical (unpaired) electrons. The molecule has 0 aliphatic carbocycles. The molecule has 0 saturated carbocycles. The molecule has 0 amide bonds. The van der Waals surface area contributed by atoms with E-state index in [1.54, 1.807) is 0 Å². The van der Waals surface area contributed by atoms with Crippen LogP contribution in [0.2, 0.25) is 0 Å². The summed E-state index contributed by atoms with van der Waals surface area (Å²) in [7, 11) is 1.37. The molecule has 0 bridgehead atoms. The van der Waals surface area contributed by atoms with Crippen LogP contribution in [-0.4, -0.2) is 19.2 Å². The number of halogens is 6. The van der Waals surface area contributed by atoms with Crippen LogP contribution in [0.3, 0.4) is 0 Å². The van der Waals surface area contributed by atoms with Crippen molar-refractivity contribution in [3.05, 3.63) is 41.0 Å². The Bertz CT molecular complexity index is 659. The van der Waals surface area contributed by atoms with Crippen LogP contribution >= 0.6 is 0 Å². The Morgan fingerprint density at radius 2 is 1.70 bits per heavy atom. The summed E-state index contributed by atoms with van der Waals surface area (Å²) in [5, 5.41) is 5.07. The van der Waals surface area contributed by atoms with Crippen molar-refractivity contribution in [1.29, 1.82) is 0 Å². The van der Waals surface area contributed by atoms with E-state index in [1.807, 2.05) is 0 Å². The minimum Gasteiger partial charge on any atom is -0.353 e. The van der Waals surface area contributed by atoms with E-state index in [9.17, 15) is 26.3 Å². The molecule has 0 fully saturated rings. The number of benzene rings is 1. The Morgan fingerprint density at radius 3 is 2.22 bits per heavy atom. The number of amidine groups is 1. The molecule has 1 aliphatic rings. The maximum absolute atomic E-state index is 13.1. The second kappa shape index (κ2) is 5.76. The predicted octanol–water partition coefficient (Wildman–Crippen LogP) is 2.53. The molecular formula is C13H12F6N4. The Labute approximate surface area is 127 Å². The van der Waals surface area contributed by atoms with Gasteiger partial charge in [0.1, 0.15) is 5.84 Å². The largest absolute Gasteiger partial charge is 0.417 e. The van der Waals surface area contributed by atoms with E-state index in [1.165, 1.54) is 7.05 Å². The lowest BCUT2D eigenvalue weighted by molar-refractivity contribution is -0.141. The number of hydrogen-bond acceptors (Lipinski definition) is 3. The van der Waals surface area contributed by atoms with E-state index in [0.29, 0.717) is 18.2 Å². The van der Waals surface area contributed by atoms with Crippen LogP contribution in [-0.2, 0) is 12.4 Å². The van der Waals surface area contributed by atoms with Crippen molar-refractivity contribution in [2.75, 3.05) is 7.05 Å². The standard InChI is InChI=1S/C13H12F6N4/c1-21-10-5-9(22-11(20)23-10)7-4-6(12(14,15)16)2-3-8(7)13(17,18)19/h2-5,11,22H,20H2,1H3,(H,21,23). The molecule has 1 aliphatic heterocycles. The molecule has 2 rings (SSSR count). The van der Waals surface area contributed by atoms with Crippen molar-refractivity contribution in [3.8, 4) is 0 Å². The van der Waals surface area contributed by atoms with E-state index >= 15 is 0 Å². The molecule has 1 atom stereocenters. The van der Waals surface area contributed by atoms with Crippen LogP contribution < -0.4 is 16.4 Å². The first-order valence-corrected chi connectivity index (χ1v) is 6.28. The van der Waals surface area contributed by atoms with Crippen molar-refractivity contribution < 1.29 is 26.3 Å². The fourth-order valence-electron chi connectivity index (χ4n) is 2.06. The fourth-order valence-corrected chi connectivity index (χ4v) is 2.06. The number of aliphatic imine (C=N–C) groups is 1. The lowest BCUT2D eigenvalue weighted by atomic mass is 9.99. The Hall–Kier alpha value is -2.23. The summed E-state index contributed by atoms with van der Waals surface area (Å²) in [6.45, 7) is 0. The summed E-state index contributed by atoms with van der Waals surface area (Å²) < 4.78 is 77.7. The van der Waals surface area contributed by atoms with Gasteiger partial charge in [0.05, 0.1) is 11.1 Å². The zero-order valence-electron chi connectivity index (χ0n) is 11.7. The van der Waals surface area contributed by atoms with E-state index in [0.717, 1.165) is 6.08 Å². The van der Waals surface area contributed by atoms with Crippen molar-refractivity contribution in [1.82, 2.24) is 10.6 Å². The fraction of sp³-hybridized carbons (Fsp3) is 0.308. The second-order valence-electron chi connectivity index (χ2n) is 4.69. The van der Waals surface area contributed by atoms with E-state index in [2.05, 4.69) is 15.6 Å². The quantitative estimate of drug-likeness (QED) is 0.690. The summed E-state index contributed by atoms with van der Waals surface area (Å²) in [5.41, 5.74) is 2.33. The molecule has 0 aromatic heterocycles. The molecule has 0 spiro atoms. The molecule has 1 unspecified atom stereocenters. The highest BCUT2D eigenvalue weighted by Gasteiger charge is 2.38. The topological polar surface area (TPSA) is 62.4 Å².